The first-order valence-corrected chi connectivity index (χ1v) is 15.6. The highest BCUT2D eigenvalue weighted by molar-refractivity contribution is 6.39. The first kappa shape index (κ1) is 28.7. The quantitative estimate of drug-likeness (QED) is 0.186. The molecule has 2 bridgehead atoms. The van der Waals surface area contributed by atoms with Crippen LogP contribution in [0, 0.1) is 11.8 Å². The van der Waals surface area contributed by atoms with Gasteiger partial charge in [-0.25, -0.2) is 4.90 Å². The van der Waals surface area contributed by atoms with Crippen molar-refractivity contribution in [2.45, 2.75) is 10.8 Å². The average Bonchev–Trinajstić information content (AvgIpc) is 3.64. The molecule has 0 spiro atoms. The lowest BCUT2D eigenvalue weighted by atomic mass is 9.59. The number of hydrogen-bond acceptors (Lipinski definition) is 5. The fourth-order valence-electron chi connectivity index (χ4n) is 8.47. The van der Waals surface area contributed by atoms with Gasteiger partial charge in [0.15, 0.2) is 5.78 Å². The molecular formula is C41H31NO5. The Morgan fingerprint density at radius 1 is 0.489 bits per heavy atom. The number of para-hydroxylation sites is 1. The predicted molar refractivity (Wildman–Crippen MR) is 180 cm³/mol. The second-order valence-electron chi connectivity index (χ2n) is 12.2. The van der Waals surface area contributed by atoms with Gasteiger partial charge in [0.05, 0.1) is 42.6 Å². The Kier molecular flexibility index (Phi) is 6.51. The number of imide groups is 1. The number of allylic oxidation sites excluding steroid dienone is 2. The van der Waals surface area contributed by atoms with Crippen molar-refractivity contribution in [3.05, 3.63) is 162 Å². The van der Waals surface area contributed by atoms with Crippen LogP contribution in [0.15, 0.2) is 140 Å². The predicted octanol–water partition coefficient (Wildman–Crippen LogP) is 6.89. The third kappa shape index (κ3) is 3.69. The summed E-state index contributed by atoms with van der Waals surface area (Å²) < 4.78 is 11.0. The number of Topliss-reactive ketones (excluding diaryl/α,β-unsaturated/α-hetero) is 1. The molecule has 2 aliphatic carbocycles. The Hall–Kier alpha value is -5.75. The highest BCUT2D eigenvalue weighted by atomic mass is 16.5. The minimum absolute atomic E-state index is 0.163. The van der Waals surface area contributed by atoms with Gasteiger partial charge < -0.3 is 9.47 Å². The van der Waals surface area contributed by atoms with E-state index in [4.69, 9.17) is 9.47 Å². The summed E-state index contributed by atoms with van der Waals surface area (Å²) in [5.74, 6) is -1.54. The second-order valence-corrected chi connectivity index (χ2v) is 12.2. The first-order chi connectivity index (χ1) is 23.0. The van der Waals surface area contributed by atoms with E-state index in [1.807, 2.05) is 127 Å². The largest absolute Gasteiger partial charge is 0.497 e. The van der Waals surface area contributed by atoms with Gasteiger partial charge in [-0.1, -0.05) is 103 Å². The number of hydrogen-bond donors (Lipinski definition) is 0. The van der Waals surface area contributed by atoms with Crippen molar-refractivity contribution < 1.29 is 23.9 Å². The maximum absolute atomic E-state index is 16.0. The van der Waals surface area contributed by atoms with E-state index in [2.05, 4.69) is 0 Å². The molecule has 6 nitrogen and oxygen atoms in total. The minimum atomic E-state index is -1.47. The number of carbonyl (C=O) groups is 3. The number of fused-ring (bicyclic) bond motifs is 5. The highest BCUT2D eigenvalue weighted by Crippen LogP contribution is 2.74. The molecule has 3 aliphatic rings. The Morgan fingerprint density at radius 2 is 0.851 bits per heavy atom. The summed E-state index contributed by atoms with van der Waals surface area (Å²) >= 11 is 0. The van der Waals surface area contributed by atoms with Gasteiger partial charge in [0.25, 0.3) is 0 Å². The number of ether oxygens (including phenoxy) is 2. The van der Waals surface area contributed by atoms with Crippen LogP contribution in [0.25, 0.3) is 11.1 Å². The van der Waals surface area contributed by atoms with Crippen LogP contribution in [0.3, 0.4) is 0 Å². The number of rotatable bonds is 7. The zero-order chi connectivity index (χ0) is 32.3. The van der Waals surface area contributed by atoms with Crippen molar-refractivity contribution >= 4 is 34.4 Å². The van der Waals surface area contributed by atoms with Crippen molar-refractivity contribution in [1.82, 2.24) is 0 Å². The maximum Gasteiger partial charge on any atom is 0.239 e. The molecule has 0 N–H and O–H groups in total. The molecule has 6 heteroatoms. The molecule has 47 heavy (non-hydrogen) atoms. The molecule has 0 aromatic heterocycles. The van der Waals surface area contributed by atoms with Crippen LogP contribution in [-0.2, 0) is 25.2 Å². The van der Waals surface area contributed by atoms with Crippen LogP contribution < -0.4 is 14.4 Å². The molecule has 5 aromatic rings. The first-order valence-electron chi connectivity index (χ1n) is 15.6. The highest BCUT2D eigenvalue weighted by Gasteiger charge is 2.82. The molecule has 2 fully saturated rings. The zero-order valence-corrected chi connectivity index (χ0v) is 25.9. The number of carbonyl (C=O) groups excluding carboxylic acids is 3. The number of ketones is 1. The summed E-state index contributed by atoms with van der Waals surface area (Å²) in [5, 5.41) is 0. The van der Waals surface area contributed by atoms with Crippen LogP contribution in [0.1, 0.15) is 22.3 Å². The van der Waals surface area contributed by atoms with E-state index in [0.29, 0.717) is 28.3 Å². The van der Waals surface area contributed by atoms with E-state index in [1.54, 1.807) is 26.4 Å². The Bertz CT molecular complexity index is 1930. The molecule has 1 heterocycles. The SMILES string of the molecule is COc1ccc(C2=C(c3ccc(OC)cc3)[C@@]3(c4ccccc4)C(=O)[C@@]2(c2ccccc2)[C@@H]2C(=O)N(c4ccccc4)C(=O)[C@H]23)cc1. The van der Waals surface area contributed by atoms with E-state index in [0.717, 1.165) is 22.3 Å². The number of anilines is 1. The Morgan fingerprint density at radius 3 is 1.21 bits per heavy atom. The molecule has 2 amide bonds. The number of amides is 2. The van der Waals surface area contributed by atoms with Gasteiger partial charge in [-0.05, 0) is 69.8 Å². The van der Waals surface area contributed by atoms with Gasteiger partial charge >= 0.3 is 0 Å². The minimum Gasteiger partial charge on any atom is -0.497 e. The van der Waals surface area contributed by atoms with Gasteiger partial charge in [0.2, 0.25) is 11.8 Å². The summed E-state index contributed by atoms with van der Waals surface area (Å²) in [4.78, 5) is 47.2. The summed E-state index contributed by atoms with van der Waals surface area (Å²) in [5.41, 5.74) is 1.93. The van der Waals surface area contributed by atoms with Gasteiger partial charge in [-0.3, -0.25) is 14.4 Å². The Balaban J connectivity index is 1.55. The van der Waals surface area contributed by atoms with Gasteiger partial charge in [-0.15, -0.1) is 0 Å². The van der Waals surface area contributed by atoms with Crippen molar-refractivity contribution in [2.75, 3.05) is 19.1 Å². The molecule has 8 rings (SSSR count). The molecular weight excluding hydrogens is 586 g/mol. The van der Waals surface area contributed by atoms with Crippen molar-refractivity contribution in [1.29, 1.82) is 0 Å². The maximum atomic E-state index is 16.0. The van der Waals surface area contributed by atoms with Crippen LogP contribution >= 0.6 is 0 Å². The second kappa shape index (κ2) is 10.7. The van der Waals surface area contributed by atoms with Crippen molar-refractivity contribution in [3.8, 4) is 11.5 Å². The molecule has 4 atom stereocenters. The number of nitrogens with zero attached hydrogens (tertiary/aromatic N) is 1. The van der Waals surface area contributed by atoms with E-state index < -0.39 is 22.7 Å². The van der Waals surface area contributed by atoms with E-state index >= 15 is 4.79 Å². The lowest BCUT2D eigenvalue weighted by Crippen LogP contribution is -2.45. The van der Waals surface area contributed by atoms with Crippen molar-refractivity contribution in [3.63, 3.8) is 0 Å². The number of methoxy groups -OCH3 is 2. The van der Waals surface area contributed by atoms with Crippen LogP contribution in [0.2, 0.25) is 0 Å². The average molecular weight is 618 g/mol. The Labute approximate surface area is 272 Å². The fourth-order valence-corrected chi connectivity index (χ4v) is 8.47. The van der Waals surface area contributed by atoms with Crippen LogP contribution in [0.4, 0.5) is 5.69 Å². The van der Waals surface area contributed by atoms with E-state index in [-0.39, 0.29) is 17.6 Å². The van der Waals surface area contributed by atoms with Crippen LogP contribution in [0.5, 0.6) is 11.5 Å². The summed E-state index contributed by atoms with van der Waals surface area (Å²) in [6.07, 6.45) is 0. The standard InChI is InChI=1S/C41H31NO5/c1-46-31-22-18-26(19-23-31)33-34(27-20-24-32(47-2)25-21-27)41(29-14-8-4-9-15-29)36-35(40(33,39(41)45)28-12-6-3-7-13-28)37(43)42(38(36)44)30-16-10-5-11-17-30/h3-25,35-36H,1-2H3/t35-,36-,40+,41+/m0/s1. The van der Waals surface area contributed by atoms with Gasteiger partial charge in [-0.2, -0.15) is 0 Å². The van der Waals surface area contributed by atoms with Gasteiger partial charge in [0, 0.05) is 0 Å². The summed E-state index contributed by atoms with van der Waals surface area (Å²) in [6, 6.07) is 43.3. The lowest BCUT2D eigenvalue weighted by molar-refractivity contribution is -0.130. The van der Waals surface area contributed by atoms with Crippen LogP contribution in [-0.4, -0.2) is 31.8 Å². The molecule has 0 unspecified atom stereocenters. The van der Waals surface area contributed by atoms with Crippen molar-refractivity contribution in [2.24, 2.45) is 11.8 Å². The summed E-state index contributed by atoms with van der Waals surface area (Å²) in [7, 11) is 3.22. The molecule has 5 aromatic carbocycles. The molecule has 1 saturated carbocycles. The topological polar surface area (TPSA) is 72.9 Å². The molecule has 0 radical (unpaired) electrons. The zero-order valence-electron chi connectivity index (χ0n) is 25.9. The van der Waals surface area contributed by atoms with E-state index in [9.17, 15) is 9.59 Å². The monoisotopic (exact) mass is 617 g/mol. The summed E-state index contributed by atoms with van der Waals surface area (Å²) in [6.45, 7) is 0. The van der Waals surface area contributed by atoms with E-state index in [1.165, 1.54) is 4.90 Å². The number of benzene rings is 5. The third-order valence-electron chi connectivity index (χ3n) is 10.2. The third-order valence-corrected chi connectivity index (χ3v) is 10.2. The normalized spacial score (nSPS) is 24.6. The molecule has 1 saturated heterocycles. The molecule has 230 valence electrons. The lowest BCUT2D eigenvalue weighted by Gasteiger charge is -2.39. The fraction of sp³-hybridized carbons (Fsp3) is 0.146. The van der Waals surface area contributed by atoms with Gasteiger partial charge in [0.1, 0.15) is 11.5 Å². The smallest absolute Gasteiger partial charge is 0.239 e. The molecule has 1 aliphatic heterocycles.